The number of alkyl halides is 1. The van der Waals surface area contributed by atoms with E-state index in [4.69, 9.17) is 16.3 Å². The summed E-state index contributed by atoms with van der Waals surface area (Å²) in [6.45, 7) is 4.53. The lowest BCUT2D eigenvalue weighted by Gasteiger charge is -2.03. The Bertz CT molecular complexity index is 63.1. The van der Waals surface area contributed by atoms with E-state index in [0.29, 0.717) is 19.2 Å². The summed E-state index contributed by atoms with van der Waals surface area (Å²) < 4.78 is 5.12. The highest BCUT2D eigenvalue weighted by Crippen LogP contribution is 1.90. The molecule has 0 aliphatic heterocycles. The second-order valence-corrected chi connectivity index (χ2v) is 2.83. The van der Waals surface area contributed by atoms with E-state index in [1.807, 2.05) is 0 Å². The second-order valence-electron chi connectivity index (χ2n) is 2.45. The second kappa shape index (κ2) is 10.2. The third-order valence-electron chi connectivity index (χ3n) is 1.38. The highest BCUT2D eigenvalue weighted by Gasteiger charge is 1.86. The van der Waals surface area contributed by atoms with Gasteiger partial charge in [-0.2, -0.15) is 0 Å². The molecule has 68 valence electrons. The van der Waals surface area contributed by atoms with Gasteiger partial charge >= 0.3 is 0 Å². The lowest BCUT2D eigenvalue weighted by molar-refractivity contribution is 0.130. The van der Waals surface area contributed by atoms with Crippen molar-refractivity contribution in [2.24, 2.45) is 0 Å². The van der Waals surface area contributed by atoms with Crippen LogP contribution in [-0.2, 0) is 4.74 Å². The average Bonchev–Trinajstić information content (AvgIpc) is 2.03. The number of halogens is 1. The largest absolute Gasteiger partial charge is 0.365 e. The minimum absolute atomic E-state index is 0.580. The van der Waals surface area contributed by atoms with Crippen LogP contribution in [0.25, 0.3) is 0 Å². The Balaban J connectivity index is 2.69. The van der Waals surface area contributed by atoms with Gasteiger partial charge in [-0.05, 0) is 13.0 Å². The molecule has 1 N–H and O–H groups in total. The molecule has 0 bridgehead atoms. The quantitative estimate of drug-likeness (QED) is 0.350. The molecule has 0 aliphatic rings. The molecular formula is C8H18ClNO. The Morgan fingerprint density at radius 1 is 1.36 bits per heavy atom. The van der Waals surface area contributed by atoms with E-state index in [1.54, 1.807) is 0 Å². The van der Waals surface area contributed by atoms with Crippen LogP contribution in [0.2, 0.25) is 0 Å². The molecule has 0 aromatic heterocycles. The lowest BCUT2D eigenvalue weighted by atomic mass is 10.2. The number of ether oxygens (including phenoxy) is 1. The first-order valence-electron chi connectivity index (χ1n) is 4.26. The molecule has 0 unspecified atom stereocenters. The van der Waals surface area contributed by atoms with Crippen LogP contribution in [0.1, 0.15) is 26.2 Å². The van der Waals surface area contributed by atoms with Crippen molar-refractivity contribution in [3.05, 3.63) is 0 Å². The first-order chi connectivity index (χ1) is 5.41. The molecule has 0 amide bonds. The molecule has 0 radical (unpaired) electrons. The average molecular weight is 180 g/mol. The molecule has 0 aliphatic carbocycles. The van der Waals surface area contributed by atoms with Gasteiger partial charge in [0.1, 0.15) is 0 Å². The minimum Gasteiger partial charge on any atom is -0.365 e. The zero-order chi connectivity index (χ0) is 8.36. The van der Waals surface area contributed by atoms with Gasteiger partial charge in [-0.3, -0.25) is 5.32 Å². The van der Waals surface area contributed by atoms with Gasteiger partial charge in [0.2, 0.25) is 0 Å². The van der Waals surface area contributed by atoms with E-state index in [1.165, 1.54) is 19.3 Å². The standard InChI is InChI=1S/C8H18ClNO/c1-2-3-4-6-10-8-11-7-5-9/h10H,2-8H2,1H3. The zero-order valence-electron chi connectivity index (χ0n) is 7.24. The normalized spacial score (nSPS) is 10.4. The maximum atomic E-state index is 5.41. The molecule has 0 heterocycles. The van der Waals surface area contributed by atoms with Crippen molar-refractivity contribution in [2.75, 3.05) is 25.8 Å². The number of unbranched alkanes of at least 4 members (excludes halogenated alkanes) is 2. The summed E-state index contributed by atoms with van der Waals surface area (Å²) in [6, 6.07) is 0. The van der Waals surface area contributed by atoms with Gasteiger partial charge in [-0.15, -0.1) is 11.6 Å². The van der Waals surface area contributed by atoms with E-state index in [9.17, 15) is 0 Å². The third-order valence-corrected chi connectivity index (χ3v) is 1.54. The summed E-state index contributed by atoms with van der Waals surface area (Å²) in [5.74, 6) is 0.580. The van der Waals surface area contributed by atoms with Crippen LogP contribution in [0.4, 0.5) is 0 Å². The van der Waals surface area contributed by atoms with Crippen molar-refractivity contribution < 1.29 is 4.74 Å². The van der Waals surface area contributed by atoms with Gasteiger partial charge < -0.3 is 4.74 Å². The summed E-state index contributed by atoms with van der Waals surface area (Å²) in [5.41, 5.74) is 0. The maximum absolute atomic E-state index is 5.41. The van der Waals surface area contributed by atoms with E-state index in [2.05, 4.69) is 12.2 Å². The van der Waals surface area contributed by atoms with Crippen LogP contribution in [0.5, 0.6) is 0 Å². The molecule has 3 heteroatoms. The summed E-state index contributed by atoms with van der Waals surface area (Å²) in [5, 5.41) is 3.17. The van der Waals surface area contributed by atoms with Crippen LogP contribution >= 0.6 is 11.6 Å². The van der Waals surface area contributed by atoms with Gasteiger partial charge in [-0.25, -0.2) is 0 Å². The molecule has 0 rings (SSSR count). The predicted molar refractivity (Wildman–Crippen MR) is 49.1 cm³/mol. The third kappa shape index (κ3) is 10.2. The molecule has 0 fully saturated rings. The number of nitrogens with one attached hydrogen (secondary N) is 1. The van der Waals surface area contributed by atoms with Crippen molar-refractivity contribution in [3.63, 3.8) is 0 Å². The number of hydrogen-bond acceptors (Lipinski definition) is 2. The van der Waals surface area contributed by atoms with Gasteiger partial charge in [-0.1, -0.05) is 19.8 Å². The van der Waals surface area contributed by atoms with Crippen LogP contribution in [0.15, 0.2) is 0 Å². The Morgan fingerprint density at radius 2 is 2.18 bits per heavy atom. The van der Waals surface area contributed by atoms with Crippen molar-refractivity contribution in [1.29, 1.82) is 0 Å². The predicted octanol–water partition coefficient (Wildman–Crippen LogP) is 1.98. The molecule has 2 nitrogen and oxygen atoms in total. The fourth-order valence-corrected chi connectivity index (χ4v) is 0.880. The number of rotatable bonds is 8. The van der Waals surface area contributed by atoms with E-state index < -0.39 is 0 Å². The first-order valence-corrected chi connectivity index (χ1v) is 4.79. The Labute approximate surface area is 74.3 Å². The molecule has 0 aromatic carbocycles. The van der Waals surface area contributed by atoms with Crippen LogP contribution < -0.4 is 5.32 Å². The Hall–Kier alpha value is 0.210. The monoisotopic (exact) mass is 179 g/mol. The highest BCUT2D eigenvalue weighted by molar-refractivity contribution is 6.17. The molecular weight excluding hydrogens is 162 g/mol. The summed E-state index contributed by atoms with van der Waals surface area (Å²) in [4.78, 5) is 0. The van der Waals surface area contributed by atoms with Crippen molar-refractivity contribution in [3.8, 4) is 0 Å². The fraction of sp³-hybridized carbons (Fsp3) is 1.00. The van der Waals surface area contributed by atoms with Crippen molar-refractivity contribution in [1.82, 2.24) is 5.32 Å². The van der Waals surface area contributed by atoms with Crippen LogP contribution in [0.3, 0.4) is 0 Å². The summed E-state index contributed by atoms with van der Waals surface area (Å²) >= 11 is 5.41. The number of hydrogen-bond donors (Lipinski definition) is 1. The van der Waals surface area contributed by atoms with Gasteiger partial charge in [0.15, 0.2) is 0 Å². The van der Waals surface area contributed by atoms with Crippen molar-refractivity contribution in [2.45, 2.75) is 26.2 Å². The smallest absolute Gasteiger partial charge is 0.0965 e. The Morgan fingerprint density at radius 3 is 2.82 bits per heavy atom. The fourth-order valence-electron chi connectivity index (χ4n) is 0.771. The van der Waals surface area contributed by atoms with E-state index in [-0.39, 0.29) is 0 Å². The Kier molecular flexibility index (Phi) is 10.4. The van der Waals surface area contributed by atoms with Crippen LogP contribution in [0, 0.1) is 0 Å². The van der Waals surface area contributed by atoms with E-state index >= 15 is 0 Å². The van der Waals surface area contributed by atoms with Gasteiger partial charge in [0.05, 0.1) is 13.3 Å². The summed E-state index contributed by atoms with van der Waals surface area (Å²) in [6.07, 6.45) is 3.80. The van der Waals surface area contributed by atoms with Gasteiger partial charge in [0, 0.05) is 5.88 Å². The maximum Gasteiger partial charge on any atom is 0.0965 e. The molecule has 0 saturated carbocycles. The minimum atomic E-state index is 0.580. The van der Waals surface area contributed by atoms with Crippen LogP contribution in [-0.4, -0.2) is 25.8 Å². The molecule has 11 heavy (non-hydrogen) atoms. The summed E-state index contributed by atoms with van der Waals surface area (Å²) in [7, 11) is 0. The van der Waals surface area contributed by atoms with Crippen molar-refractivity contribution >= 4 is 11.6 Å². The first kappa shape index (κ1) is 11.2. The SMILES string of the molecule is CCCCCNCOCCCl. The lowest BCUT2D eigenvalue weighted by Crippen LogP contribution is -2.19. The topological polar surface area (TPSA) is 21.3 Å². The van der Waals surface area contributed by atoms with E-state index in [0.717, 1.165) is 6.54 Å². The molecule has 0 spiro atoms. The molecule has 0 saturated heterocycles. The van der Waals surface area contributed by atoms with Gasteiger partial charge in [0.25, 0.3) is 0 Å². The molecule has 0 atom stereocenters. The molecule has 0 aromatic rings. The highest BCUT2D eigenvalue weighted by atomic mass is 35.5. The zero-order valence-corrected chi connectivity index (χ0v) is 7.99.